The SMILES string of the molecule is O=C1CC(NCc2ccccc2F)CN1. The zero-order valence-corrected chi connectivity index (χ0v) is 8.29. The second-order valence-electron chi connectivity index (χ2n) is 3.68. The van der Waals surface area contributed by atoms with Crippen molar-refractivity contribution < 1.29 is 9.18 Å². The van der Waals surface area contributed by atoms with E-state index in [2.05, 4.69) is 10.6 Å². The topological polar surface area (TPSA) is 41.1 Å². The molecule has 15 heavy (non-hydrogen) atoms. The van der Waals surface area contributed by atoms with E-state index in [1.54, 1.807) is 18.2 Å². The van der Waals surface area contributed by atoms with E-state index in [-0.39, 0.29) is 17.8 Å². The van der Waals surface area contributed by atoms with Crippen LogP contribution in [0.15, 0.2) is 24.3 Å². The summed E-state index contributed by atoms with van der Waals surface area (Å²) in [5, 5.41) is 5.87. The Morgan fingerprint density at radius 1 is 1.47 bits per heavy atom. The summed E-state index contributed by atoms with van der Waals surface area (Å²) in [6, 6.07) is 6.77. The molecule has 1 unspecified atom stereocenters. The lowest BCUT2D eigenvalue weighted by molar-refractivity contribution is -0.119. The van der Waals surface area contributed by atoms with Gasteiger partial charge in [0.05, 0.1) is 0 Å². The fraction of sp³-hybridized carbons (Fsp3) is 0.364. The summed E-state index contributed by atoms with van der Waals surface area (Å²) < 4.78 is 13.2. The maximum Gasteiger partial charge on any atom is 0.221 e. The minimum absolute atomic E-state index is 0.0565. The van der Waals surface area contributed by atoms with Crippen molar-refractivity contribution in [2.45, 2.75) is 19.0 Å². The molecule has 3 nitrogen and oxygen atoms in total. The second kappa shape index (κ2) is 4.40. The Bertz CT molecular complexity index is 367. The number of rotatable bonds is 3. The van der Waals surface area contributed by atoms with Crippen molar-refractivity contribution in [2.24, 2.45) is 0 Å². The van der Waals surface area contributed by atoms with E-state index in [1.807, 2.05) is 0 Å². The Labute approximate surface area is 87.7 Å². The van der Waals surface area contributed by atoms with Gasteiger partial charge in [-0.1, -0.05) is 18.2 Å². The van der Waals surface area contributed by atoms with E-state index in [1.165, 1.54) is 6.07 Å². The Balaban J connectivity index is 1.88. The molecular formula is C11H13FN2O. The van der Waals surface area contributed by atoms with Gasteiger partial charge in [-0.05, 0) is 6.07 Å². The van der Waals surface area contributed by atoms with Crippen LogP contribution in [0.4, 0.5) is 4.39 Å². The molecular weight excluding hydrogens is 195 g/mol. The van der Waals surface area contributed by atoms with E-state index in [0.717, 1.165) is 0 Å². The fourth-order valence-corrected chi connectivity index (χ4v) is 1.65. The second-order valence-corrected chi connectivity index (χ2v) is 3.68. The van der Waals surface area contributed by atoms with E-state index < -0.39 is 0 Å². The lowest BCUT2D eigenvalue weighted by Crippen LogP contribution is -2.30. The lowest BCUT2D eigenvalue weighted by atomic mass is 10.2. The van der Waals surface area contributed by atoms with Gasteiger partial charge in [-0.15, -0.1) is 0 Å². The molecule has 80 valence electrons. The molecule has 2 rings (SSSR count). The number of carbonyl (C=O) groups is 1. The predicted molar refractivity (Wildman–Crippen MR) is 54.7 cm³/mol. The van der Waals surface area contributed by atoms with Gasteiger partial charge >= 0.3 is 0 Å². The molecule has 2 N–H and O–H groups in total. The monoisotopic (exact) mass is 208 g/mol. The summed E-state index contributed by atoms with van der Waals surface area (Å²) in [7, 11) is 0. The molecule has 1 aromatic rings. The first kappa shape index (κ1) is 10.1. The third-order valence-electron chi connectivity index (χ3n) is 2.52. The van der Waals surface area contributed by atoms with Crippen molar-refractivity contribution in [3.05, 3.63) is 35.6 Å². The van der Waals surface area contributed by atoms with Crippen molar-refractivity contribution in [3.63, 3.8) is 0 Å². The summed E-state index contributed by atoms with van der Waals surface area (Å²) in [6.07, 6.45) is 0.481. The lowest BCUT2D eigenvalue weighted by Gasteiger charge is -2.10. The molecule has 1 fully saturated rings. The van der Waals surface area contributed by atoms with Gasteiger partial charge in [0, 0.05) is 31.1 Å². The van der Waals surface area contributed by atoms with Crippen LogP contribution in [0.1, 0.15) is 12.0 Å². The summed E-state index contributed by atoms with van der Waals surface area (Å²) in [5.74, 6) is -0.150. The van der Waals surface area contributed by atoms with Crippen molar-refractivity contribution in [1.29, 1.82) is 0 Å². The Morgan fingerprint density at radius 3 is 2.93 bits per heavy atom. The summed E-state index contributed by atoms with van der Waals surface area (Å²) in [6.45, 7) is 1.10. The van der Waals surface area contributed by atoms with Crippen LogP contribution in [0, 0.1) is 5.82 Å². The summed E-state index contributed by atoms with van der Waals surface area (Å²) >= 11 is 0. The highest BCUT2D eigenvalue weighted by atomic mass is 19.1. The highest BCUT2D eigenvalue weighted by molar-refractivity contribution is 5.78. The first-order valence-electron chi connectivity index (χ1n) is 4.99. The molecule has 0 radical (unpaired) electrons. The first-order valence-corrected chi connectivity index (χ1v) is 4.99. The Morgan fingerprint density at radius 2 is 2.27 bits per heavy atom. The van der Waals surface area contributed by atoms with Gasteiger partial charge in [0.1, 0.15) is 5.82 Å². The third-order valence-corrected chi connectivity index (χ3v) is 2.52. The van der Waals surface area contributed by atoms with Gasteiger partial charge in [-0.25, -0.2) is 4.39 Å². The zero-order valence-electron chi connectivity index (χ0n) is 8.29. The van der Waals surface area contributed by atoms with Crippen LogP contribution in [0.3, 0.4) is 0 Å². The van der Waals surface area contributed by atoms with Crippen LogP contribution in [-0.2, 0) is 11.3 Å². The quantitative estimate of drug-likeness (QED) is 0.771. The molecule has 0 aromatic heterocycles. The van der Waals surface area contributed by atoms with E-state index in [9.17, 15) is 9.18 Å². The van der Waals surface area contributed by atoms with Gasteiger partial charge in [0.15, 0.2) is 0 Å². The van der Waals surface area contributed by atoms with Crippen LogP contribution in [-0.4, -0.2) is 18.5 Å². The third kappa shape index (κ3) is 2.53. The number of amides is 1. The number of hydrogen-bond donors (Lipinski definition) is 2. The van der Waals surface area contributed by atoms with Crippen LogP contribution >= 0.6 is 0 Å². The highest BCUT2D eigenvalue weighted by Gasteiger charge is 2.20. The first-order chi connectivity index (χ1) is 7.25. The molecule has 1 aromatic carbocycles. The van der Waals surface area contributed by atoms with E-state index in [0.29, 0.717) is 25.1 Å². The molecule has 0 saturated carbocycles. The molecule has 1 amide bonds. The van der Waals surface area contributed by atoms with E-state index in [4.69, 9.17) is 0 Å². The summed E-state index contributed by atoms with van der Waals surface area (Å²) in [5.41, 5.74) is 0.636. The minimum atomic E-state index is -0.206. The van der Waals surface area contributed by atoms with Crippen molar-refractivity contribution >= 4 is 5.91 Å². The highest BCUT2D eigenvalue weighted by Crippen LogP contribution is 2.07. The molecule has 1 aliphatic heterocycles. The van der Waals surface area contributed by atoms with Crippen LogP contribution < -0.4 is 10.6 Å². The fourth-order valence-electron chi connectivity index (χ4n) is 1.65. The largest absolute Gasteiger partial charge is 0.354 e. The van der Waals surface area contributed by atoms with Crippen LogP contribution in [0.25, 0.3) is 0 Å². The van der Waals surface area contributed by atoms with Crippen molar-refractivity contribution in [2.75, 3.05) is 6.54 Å². The number of benzene rings is 1. The number of halogens is 1. The van der Waals surface area contributed by atoms with Gasteiger partial charge in [0.2, 0.25) is 5.91 Å². The van der Waals surface area contributed by atoms with Crippen molar-refractivity contribution in [3.8, 4) is 0 Å². The van der Waals surface area contributed by atoms with Gasteiger partial charge in [-0.3, -0.25) is 4.79 Å². The summed E-state index contributed by atoms with van der Waals surface area (Å²) in [4.78, 5) is 10.9. The molecule has 0 spiro atoms. The average molecular weight is 208 g/mol. The number of hydrogen-bond acceptors (Lipinski definition) is 2. The molecule has 0 aliphatic carbocycles. The maximum absolute atomic E-state index is 13.2. The molecule has 1 heterocycles. The predicted octanol–water partition coefficient (Wildman–Crippen LogP) is 0.804. The molecule has 1 saturated heterocycles. The van der Waals surface area contributed by atoms with Crippen molar-refractivity contribution in [1.82, 2.24) is 10.6 Å². The van der Waals surface area contributed by atoms with Crippen LogP contribution in [0.2, 0.25) is 0 Å². The Hall–Kier alpha value is -1.42. The van der Waals surface area contributed by atoms with Crippen LogP contribution in [0.5, 0.6) is 0 Å². The number of nitrogens with one attached hydrogen (secondary N) is 2. The van der Waals surface area contributed by atoms with Gasteiger partial charge in [-0.2, -0.15) is 0 Å². The maximum atomic E-state index is 13.2. The molecule has 4 heteroatoms. The minimum Gasteiger partial charge on any atom is -0.354 e. The van der Waals surface area contributed by atoms with Gasteiger partial charge < -0.3 is 10.6 Å². The molecule has 0 bridgehead atoms. The van der Waals surface area contributed by atoms with E-state index >= 15 is 0 Å². The normalized spacial score (nSPS) is 20.3. The molecule has 1 aliphatic rings. The smallest absolute Gasteiger partial charge is 0.221 e. The Kier molecular flexibility index (Phi) is 2.97. The standard InChI is InChI=1S/C11H13FN2O/c12-10-4-2-1-3-8(10)6-13-9-5-11(15)14-7-9/h1-4,9,13H,5-7H2,(H,14,15). The zero-order chi connectivity index (χ0) is 10.7. The van der Waals surface area contributed by atoms with Gasteiger partial charge in [0.25, 0.3) is 0 Å². The average Bonchev–Trinajstić information content (AvgIpc) is 2.63. The molecule has 1 atom stereocenters. The number of carbonyl (C=O) groups excluding carboxylic acids is 1.